The summed E-state index contributed by atoms with van der Waals surface area (Å²) in [6, 6.07) is 8.15. The van der Waals surface area contributed by atoms with Crippen molar-refractivity contribution in [1.29, 1.82) is 0 Å². The average Bonchev–Trinajstić information content (AvgIpc) is 2.18. The Bertz CT molecular complexity index is 271. The summed E-state index contributed by atoms with van der Waals surface area (Å²) < 4.78 is 5.71. The predicted molar refractivity (Wildman–Crippen MR) is 64.0 cm³/mol. The van der Waals surface area contributed by atoms with Crippen LogP contribution in [0.4, 0.5) is 0 Å². The molecule has 1 aromatic rings. The van der Waals surface area contributed by atoms with Crippen LogP contribution in [-0.2, 0) is 5.33 Å². The van der Waals surface area contributed by atoms with Gasteiger partial charge in [0.2, 0.25) is 0 Å². The van der Waals surface area contributed by atoms with Crippen LogP contribution in [0.3, 0.4) is 0 Å². The lowest BCUT2D eigenvalue weighted by Crippen LogP contribution is -2.02. The fraction of sp³-hybridized carbons (Fsp3) is 0.500. The highest BCUT2D eigenvalue weighted by atomic mass is 79.9. The SMILES string of the molecule is CC(C)CCOc1ccccc1CBr. The smallest absolute Gasteiger partial charge is 0.123 e. The second-order valence-corrected chi connectivity index (χ2v) is 4.33. The molecule has 0 bridgehead atoms. The van der Waals surface area contributed by atoms with Crippen LogP contribution in [0.15, 0.2) is 24.3 Å². The normalized spacial score (nSPS) is 10.6. The zero-order valence-corrected chi connectivity index (χ0v) is 10.4. The number of ether oxygens (including phenoxy) is 1. The molecule has 0 amide bonds. The lowest BCUT2D eigenvalue weighted by atomic mass is 10.1. The molecule has 0 heterocycles. The molecule has 78 valence electrons. The molecule has 0 saturated carbocycles. The summed E-state index contributed by atoms with van der Waals surface area (Å²) >= 11 is 3.45. The van der Waals surface area contributed by atoms with Gasteiger partial charge in [-0.2, -0.15) is 0 Å². The molecular weight excluding hydrogens is 240 g/mol. The fourth-order valence-corrected chi connectivity index (χ4v) is 1.62. The van der Waals surface area contributed by atoms with Crippen LogP contribution in [0.1, 0.15) is 25.8 Å². The van der Waals surface area contributed by atoms with Crippen molar-refractivity contribution < 1.29 is 4.74 Å². The van der Waals surface area contributed by atoms with Gasteiger partial charge in [-0.15, -0.1) is 0 Å². The minimum Gasteiger partial charge on any atom is -0.493 e. The molecule has 1 nitrogen and oxygen atoms in total. The van der Waals surface area contributed by atoms with Crippen molar-refractivity contribution in [2.45, 2.75) is 25.6 Å². The van der Waals surface area contributed by atoms with Crippen molar-refractivity contribution in [2.75, 3.05) is 6.61 Å². The number of hydrogen-bond donors (Lipinski definition) is 0. The van der Waals surface area contributed by atoms with Gasteiger partial charge in [-0.3, -0.25) is 0 Å². The average molecular weight is 257 g/mol. The van der Waals surface area contributed by atoms with E-state index >= 15 is 0 Å². The first-order valence-corrected chi connectivity index (χ1v) is 6.13. The highest BCUT2D eigenvalue weighted by Gasteiger charge is 2.01. The number of alkyl halides is 1. The summed E-state index contributed by atoms with van der Waals surface area (Å²) in [5.41, 5.74) is 1.22. The molecule has 0 fully saturated rings. The molecule has 0 aromatic heterocycles. The third kappa shape index (κ3) is 3.70. The second kappa shape index (κ2) is 6.07. The van der Waals surface area contributed by atoms with E-state index in [1.165, 1.54) is 5.56 Å². The fourth-order valence-electron chi connectivity index (χ4n) is 1.16. The number of para-hydroxylation sites is 1. The monoisotopic (exact) mass is 256 g/mol. The predicted octanol–water partition coefficient (Wildman–Crippen LogP) is 4.01. The van der Waals surface area contributed by atoms with Crippen molar-refractivity contribution in [1.82, 2.24) is 0 Å². The Balaban J connectivity index is 2.49. The maximum absolute atomic E-state index is 5.71. The Labute approximate surface area is 94.6 Å². The standard InChI is InChI=1S/C12H17BrO/c1-10(2)7-8-14-12-6-4-3-5-11(12)9-13/h3-6,10H,7-9H2,1-2H3. The number of benzene rings is 1. The third-order valence-corrected chi connectivity index (χ3v) is 2.67. The molecule has 0 aliphatic heterocycles. The van der Waals surface area contributed by atoms with Crippen LogP contribution in [0.5, 0.6) is 5.75 Å². The molecule has 0 unspecified atom stereocenters. The van der Waals surface area contributed by atoms with E-state index in [1.54, 1.807) is 0 Å². The van der Waals surface area contributed by atoms with Crippen LogP contribution in [0.2, 0.25) is 0 Å². The maximum Gasteiger partial charge on any atom is 0.123 e. The third-order valence-electron chi connectivity index (χ3n) is 2.07. The first-order chi connectivity index (χ1) is 6.74. The van der Waals surface area contributed by atoms with Crippen molar-refractivity contribution in [2.24, 2.45) is 5.92 Å². The minimum atomic E-state index is 0.700. The quantitative estimate of drug-likeness (QED) is 0.724. The van der Waals surface area contributed by atoms with Crippen LogP contribution < -0.4 is 4.74 Å². The number of halogens is 1. The molecule has 0 radical (unpaired) electrons. The van der Waals surface area contributed by atoms with Gasteiger partial charge in [0.05, 0.1) is 6.61 Å². The van der Waals surface area contributed by atoms with E-state index in [9.17, 15) is 0 Å². The molecule has 1 rings (SSSR count). The Hall–Kier alpha value is -0.500. The van der Waals surface area contributed by atoms with Gasteiger partial charge in [-0.25, -0.2) is 0 Å². The van der Waals surface area contributed by atoms with Gasteiger partial charge in [-0.05, 0) is 18.4 Å². The van der Waals surface area contributed by atoms with Crippen molar-refractivity contribution in [3.8, 4) is 5.75 Å². The van der Waals surface area contributed by atoms with Gasteiger partial charge < -0.3 is 4.74 Å². The lowest BCUT2D eigenvalue weighted by molar-refractivity contribution is 0.287. The molecule has 0 spiro atoms. The van der Waals surface area contributed by atoms with Crippen molar-refractivity contribution >= 4 is 15.9 Å². The van der Waals surface area contributed by atoms with Crippen LogP contribution in [-0.4, -0.2) is 6.61 Å². The molecule has 2 heteroatoms. The zero-order valence-electron chi connectivity index (χ0n) is 8.79. The summed E-state index contributed by atoms with van der Waals surface area (Å²) in [6.07, 6.45) is 1.11. The van der Waals surface area contributed by atoms with Gasteiger partial charge in [0.1, 0.15) is 5.75 Å². The Morgan fingerprint density at radius 3 is 2.64 bits per heavy atom. The molecule has 0 N–H and O–H groups in total. The Morgan fingerprint density at radius 2 is 2.00 bits per heavy atom. The molecule has 0 aliphatic carbocycles. The van der Waals surface area contributed by atoms with E-state index in [2.05, 4.69) is 35.8 Å². The summed E-state index contributed by atoms with van der Waals surface area (Å²) in [7, 11) is 0. The minimum absolute atomic E-state index is 0.700. The van der Waals surface area contributed by atoms with Crippen LogP contribution >= 0.6 is 15.9 Å². The van der Waals surface area contributed by atoms with E-state index in [1.807, 2.05) is 18.2 Å². The molecular formula is C12H17BrO. The second-order valence-electron chi connectivity index (χ2n) is 3.77. The van der Waals surface area contributed by atoms with E-state index in [-0.39, 0.29) is 0 Å². The van der Waals surface area contributed by atoms with Crippen LogP contribution in [0, 0.1) is 5.92 Å². The van der Waals surface area contributed by atoms with Gasteiger partial charge in [0.15, 0.2) is 0 Å². The van der Waals surface area contributed by atoms with Crippen LogP contribution in [0.25, 0.3) is 0 Å². The van der Waals surface area contributed by atoms with Gasteiger partial charge in [0.25, 0.3) is 0 Å². The first kappa shape index (κ1) is 11.6. The molecule has 0 aliphatic rings. The Kier molecular flexibility index (Phi) is 5.02. The zero-order chi connectivity index (χ0) is 10.4. The molecule has 0 atom stereocenters. The molecule has 0 saturated heterocycles. The van der Waals surface area contributed by atoms with Gasteiger partial charge in [0, 0.05) is 10.9 Å². The number of hydrogen-bond acceptors (Lipinski definition) is 1. The molecule has 14 heavy (non-hydrogen) atoms. The summed E-state index contributed by atoms with van der Waals surface area (Å²) in [5, 5.41) is 0.852. The maximum atomic E-state index is 5.71. The topological polar surface area (TPSA) is 9.23 Å². The van der Waals surface area contributed by atoms with E-state index in [0.717, 1.165) is 24.1 Å². The van der Waals surface area contributed by atoms with E-state index in [4.69, 9.17) is 4.74 Å². The van der Waals surface area contributed by atoms with E-state index < -0.39 is 0 Å². The summed E-state index contributed by atoms with van der Waals surface area (Å²) in [4.78, 5) is 0. The number of rotatable bonds is 5. The first-order valence-electron chi connectivity index (χ1n) is 5.00. The Morgan fingerprint density at radius 1 is 1.29 bits per heavy atom. The van der Waals surface area contributed by atoms with Crippen molar-refractivity contribution in [3.05, 3.63) is 29.8 Å². The highest BCUT2D eigenvalue weighted by Crippen LogP contribution is 2.20. The summed E-state index contributed by atoms with van der Waals surface area (Å²) in [5.74, 6) is 1.70. The lowest BCUT2D eigenvalue weighted by Gasteiger charge is -2.10. The van der Waals surface area contributed by atoms with Gasteiger partial charge >= 0.3 is 0 Å². The van der Waals surface area contributed by atoms with E-state index in [0.29, 0.717) is 5.92 Å². The summed E-state index contributed by atoms with van der Waals surface area (Å²) in [6.45, 7) is 5.22. The molecule has 1 aromatic carbocycles. The largest absolute Gasteiger partial charge is 0.493 e. The van der Waals surface area contributed by atoms with Gasteiger partial charge in [-0.1, -0.05) is 48.0 Å². The van der Waals surface area contributed by atoms with Crippen molar-refractivity contribution in [3.63, 3.8) is 0 Å². The highest BCUT2D eigenvalue weighted by molar-refractivity contribution is 9.08.